The van der Waals surface area contributed by atoms with Crippen molar-refractivity contribution in [2.24, 2.45) is 5.73 Å². The summed E-state index contributed by atoms with van der Waals surface area (Å²) in [6, 6.07) is 7.91. The Hall–Kier alpha value is -1.92. The molecule has 2 aromatic rings. The van der Waals surface area contributed by atoms with Gasteiger partial charge in [0.05, 0.1) is 13.3 Å². The Labute approximate surface area is 133 Å². The van der Waals surface area contributed by atoms with Crippen molar-refractivity contribution in [2.75, 3.05) is 20.2 Å². The van der Waals surface area contributed by atoms with E-state index in [1.807, 2.05) is 29.2 Å². The van der Waals surface area contributed by atoms with E-state index < -0.39 is 0 Å². The molecule has 1 aliphatic rings. The monoisotopic (exact) mass is 317 g/mol. The maximum atomic E-state index is 12.5. The van der Waals surface area contributed by atoms with Gasteiger partial charge < -0.3 is 15.4 Å². The minimum atomic E-state index is 0.0594. The highest BCUT2D eigenvalue weighted by atomic mass is 32.1. The number of nitrogens with zero attached hydrogens (tertiary/aromatic N) is 2. The van der Waals surface area contributed by atoms with E-state index in [4.69, 9.17) is 10.5 Å². The Morgan fingerprint density at radius 1 is 1.32 bits per heavy atom. The number of rotatable bonds is 3. The molecule has 0 atom stereocenters. The summed E-state index contributed by atoms with van der Waals surface area (Å²) in [5, 5.41) is 0.847. The van der Waals surface area contributed by atoms with Gasteiger partial charge >= 0.3 is 0 Å². The molecule has 0 aliphatic carbocycles. The molecule has 0 unspecified atom stereocenters. The fraction of sp³-hybridized carbons (Fsp3) is 0.375. The van der Waals surface area contributed by atoms with Crippen molar-refractivity contribution in [1.29, 1.82) is 0 Å². The first-order valence-electron chi connectivity index (χ1n) is 7.32. The second-order valence-corrected chi connectivity index (χ2v) is 6.42. The van der Waals surface area contributed by atoms with Crippen molar-refractivity contribution < 1.29 is 9.53 Å². The van der Waals surface area contributed by atoms with E-state index in [0.717, 1.165) is 42.3 Å². The number of methoxy groups -OCH3 is 1. The zero-order valence-corrected chi connectivity index (χ0v) is 13.3. The van der Waals surface area contributed by atoms with E-state index in [2.05, 4.69) is 4.98 Å². The largest absolute Gasteiger partial charge is 0.497 e. The Balaban J connectivity index is 1.73. The van der Waals surface area contributed by atoms with Crippen LogP contribution in [0.4, 0.5) is 0 Å². The Bertz CT molecular complexity index is 646. The second-order valence-electron chi connectivity index (χ2n) is 5.39. The molecule has 0 saturated carbocycles. The fourth-order valence-electron chi connectivity index (χ4n) is 2.50. The van der Waals surface area contributed by atoms with Gasteiger partial charge in [-0.1, -0.05) is 0 Å². The standard InChI is InChI=1S/C16H19N3O2S/c1-21-13-4-2-11(3-5-13)15-18-10-14(22-15)16(20)19-8-6-12(17)7-9-19/h2-5,10,12H,6-9,17H2,1H3. The number of thiazole rings is 1. The molecule has 0 spiro atoms. The van der Waals surface area contributed by atoms with E-state index in [0.29, 0.717) is 4.88 Å². The third-order valence-electron chi connectivity index (χ3n) is 3.88. The highest BCUT2D eigenvalue weighted by molar-refractivity contribution is 7.16. The molecular weight excluding hydrogens is 298 g/mol. The zero-order valence-electron chi connectivity index (χ0n) is 12.5. The molecule has 1 aromatic heterocycles. The lowest BCUT2D eigenvalue weighted by atomic mass is 10.1. The molecule has 1 amide bonds. The average molecular weight is 317 g/mol. The van der Waals surface area contributed by atoms with Gasteiger partial charge in [0.15, 0.2) is 0 Å². The summed E-state index contributed by atoms with van der Waals surface area (Å²) in [5.41, 5.74) is 6.87. The molecule has 3 rings (SSSR count). The molecule has 116 valence electrons. The SMILES string of the molecule is COc1ccc(-c2ncc(C(=O)N3CCC(N)CC3)s2)cc1. The van der Waals surface area contributed by atoms with Gasteiger partial charge in [-0.2, -0.15) is 0 Å². The highest BCUT2D eigenvalue weighted by Crippen LogP contribution is 2.28. The summed E-state index contributed by atoms with van der Waals surface area (Å²) in [5.74, 6) is 0.866. The van der Waals surface area contributed by atoms with Crippen molar-refractivity contribution in [3.63, 3.8) is 0 Å². The summed E-state index contributed by atoms with van der Waals surface area (Å²) >= 11 is 1.43. The molecule has 2 N–H and O–H groups in total. The van der Waals surface area contributed by atoms with Crippen LogP contribution in [0.5, 0.6) is 5.75 Å². The van der Waals surface area contributed by atoms with Crippen LogP contribution in [-0.2, 0) is 0 Å². The highest BCUT2D eigenvalue weighted by Gasteiger charge is 2.23. The number of hydrogen-bond donors (Lipinski definition) is 1. The number of hydrogen-bond acceptors (Lipinski definition) is 5. The van der Waals surface area contributed by atoms with Crippen LogP contribution in [0.1, 0.15) is 22.5 Å². The van der Waals surface area contributed by atoms with Crippen molar-refractivity contribution in [2.45, 2.75) is 18.9 Å². The summed E-state index contributed by atoms with van der Waals surface area (Å²) < 4.78 is 5.15. The van der Waals surface area contributed by atoms with E-state index in [1.165, 1.54) is 11.3 Å². The molecule has 1 aliphatic heterocycles. The number of nitrogens with two attached hydrogens (primary N) is 1. The number of piperidine rings is 1. The van der Waals surface area contributed by atoms with Gasteiger partial charge in [0.1, 0.15) is 15.6 Å². The first kappa shape index (κ1) is 15.0. The summed E-state index contributed by atoms with van der Waals surface area (Å²) in [6.07, 6.45) is 3.41. The summed E-state index contributed by atoms with van der Waals surface area (Å²) in [6.45, 7) is 1.46. The van der Waals surface area contributed by atoms with Gasteiger partial charge in [0.25, 0.3) is 5.91 Å². The number of likely N-dealkylation sites (tertiary alicyclic amines) is 1. The predicted molar refractivity (Wildman–Crippen MR) is 87.2 cm³/mol. The third kappa shape index (κ3) is 3.13. The molecule has 2 heterocycles. The smallest absolute Gasteiger partial charge is 0.265 e. The van der Waals surface area contributed by atoms with Crippen LogP contribution in [-0.4, -0.2) is 42.0 Å². The van der Waals surface area contributed by atoms with Crippen LogP contribution in [0.2, 0.25) is 0 Å². The molecule has 22 heavy (non-hydrogen) atoms. The Kier molecular flexibility index (Phi) is 4.40. The Morgan fingerprint density at radius 2 is 2.00 bits per heavy atom. The molecule has 1 fully saturated rings. The molecule has 1 aromatic carbocycles. The molecular formula is C16H19N3O2S. The van der Waals surface area contributed by atoms with E-state index in [-0.39, 0.29) is 11.9 Å². The van der Waals surface area contributed by atoms with E-state index >= 15 is 0 Å². The lowest BCUT2D eigenvalue weighted by molar-refractivity contribution is 0.0719. The van der Waals surface area contributed by atoms with Gasteiger partial charge in [0, 0.05) is 24.7 Å². The minimum Gasteiger partial charge on any atom is -0.497 e. The number of carbonyl (C=O) groups excluding carboxylic acids is 1. The van der Waals surface area contributed by atoms with Crippen LogP contribution >= 0.6 is 11.3 Å². The predicted octanol–water partition coefficient (Wildman–Crippen LogP) is 2.38. The van der Waals surface area contributed by atoms with Crippen LogP contribution in [0.3, 0.4) is 0 Å². The van der Waals surface area contributed by atoms with E-state index in [9.17, 15) is 4.79 Å². The second kappa shape index (κ2) is 6.46. The number of carbonyl (C=O) groups is 1. The molecule has 1 saturated heterocycles. The lowest BCUT2D eigenvalue weighted by Crippen LogP contribution is -2.42. The van der Waals surface area contributed by atoms with Gasteiger partial charge in [-0.3, -0.25) is 4.79 Å². The van der Waals surface area contributed by atoms with Crippen molar-refractivity contribution in [3.05, 3.63) is 35.3 Å². The van der Waals surface area contributed by atoms with Crippen molar-refractivity contribution in [3.8, 4) is 16.3 Å². The maximum absolute atomic E-state index is 12.5. The number of ether oxygens (including phenoxy) is 1. The van der Waals surface area contributed by atoms with E-state index in [1.54, 1.807) is 13.3 Å². The summed E-state index contributed by atoms with van der Waals surface area (Å²) in [4.78, 5) is 19.4. The summed E-state index contributed by atoms with van der Waals surface area (Å²) in [7, 11) is 1.64. The zero-order chi connectivity index (χ0) is 15.5. The number of benzene rings is 1. The normalized spacial score (nSPS) is 15.8. The van der Waals surface area contributed by atoms with Crippen LogP contribution in [0.15, 0.2) is 30.5 Å². The molecule has 5 nitrogen and oxygen atoms in total. The topological polar surface area (TPSA) is 68.5 Å². The van der Waals surface area contributed by atoms with Crippen LogP contribution in [0, 0.1) is 0 Å². The molecule has 6 heteroatoms. The van der Waals surface area contributed by atoms with Gasteiger partial charge in [-0.05, 0) is 37.1 Å². The average Bonchev–Trinajstić information content (AvgIpc) is 3.05. The fourth-order valence-corrected chi connectivity index (χ4v) is 3.39. The first-order valence-corrected chi connectivity index (χ1v) is 8.14. The van der Waals surface area contributed by atoms with Gasteiger partial charge in [-0.15, -0.1) is 11.3 Å². The first-order chi connectivity index (χ1) is 10.7. The van der Waals surface area contributed by atoms with Crippen molar-refractivity contribution in [1.82, 2.24) is 9.88 Å². The third-order valence-corrected chi connectivity index (χ3v) is 4.91. The van der Waals surface area contributed by atoms with Crippen LogP contribution in [0.25, 0.3) is 10.6 Å². The van der Waals surface area contributed by atoms with Gasteiger partial charge in [0.2, 0.25) is 0 Å². The minimum absolute atomic E-state index is 0.0594. The quantitative estimate of drug-likeness (QED) is 0.944. The van der Waals surface area contributed by atoms with Gasteiger partial charge in [-0.25, -0.2) is 4.98 Å². The molecule has 0 bridgehead atoms. The van der Waals surface area contributed by atoms with Crippen LogP contribution < -0.4 is 10.5 Å². The lowest BCUT2D eigenvalue weighted by Gasteiger charge is -2.29. The maximum Gasteiger partial charge on any atom is 0.265 e. The number of aromatic nitrogens is 1. The van der Waals surface area contributed by atoms with Crippen molar-refractivity contribution >= 4 is 17.2 Å². The number of amides is 1. The molecule has 0 radical (unpaired) electrons. The Morgan fingerprint density at radius 3 is 2.64 bits per heavy atom.